The highest BCUT2D eigenvalue weighted by atomic mass is 16.5. The Kier molecular flexibility index (Phi) is 6.09. The SMILES string of the molecule is C[C@@H](CN1CCOCC1)N(Cc1ccccc1)C(=O)c1ccnnc1. The number of morpholine rings is 1. The van der Waals surface area contributed by atoms with Crippen LogP contribution < -0.4 is 0 Å². The molecule has 0 aliphatic carbocycles. The lowest BCUT2D eigenvalue weighted by Gasteiger charge is -2.35. The summed E-state index contributed by atoms with van der Waals surface area (Å²) in [6.45, 7) is 6.85. The zero-order chi connectivity index (χ0) is 17.5. The summed E-state index contributed by atoms with van der Waals surface area (Å²) in [5.74, 6) is -0.0143. The lowest BCUT2D eigenvalue weighted by Crippen LogP contribution is -2.48. The molecule has 6 nitrogen and oxygen atoms in total. The fourth-order valence-electron chi connectivity index (χ4n) is 3.05. The summed E-state index contributed by atoms with van der Waals surface area (Å²) in [6, 6.07) is 11.9. The predicted octanol–water partition coefficient (Wildman–Crippen LogP) is 1.84. The van der Waals surface area contributed by atoms with Gasteiger partial charge in [0.15, 0.2) is 0 Å². The van der Waals surface area contributed by atoms with E-state index in [0.29, 0.717) is 12.1 Å². The molecule has 1 atom stereocenters. The van der Waals surface area contributed by atoms with Gasteiger partial charge >= 0.3 is 0 Å². The quantitative estimate of drug-likeness (QED) is 0.803. The van der Waals surface area contributed by atoms with Crippen LogP contribution in [0, 0.1) is 0 Å². The second kappa shape index (κ2) is 8.69. The summed E-state index contributed by atoms with van der Waals surface area (Å²) in [5.41, 5.74) is 1.69. The Bertz CT molecular complexity index is 660. The van der Waals surface area contributed by atoms with Crippen molar-refractivity contribution in [3.05, 3.63) is 59.9 Å². The molecule has 0 unspecified atom stereocenters. The minimum Gasteiger partial charge on any atom is -0.379 e. The molecule has 1 saturated heterocycles. The molecule has 1 aliphatic heterocycles. The average Bonchev–Trinajstić information content (AvgIpc) is 2.68. The first-order chi connectivity index (χ1) is 12.2. The topological polar surface area (TPSA) is 58.6 Å². The summed E-state index contributed by atoms with van der Waals surface area (Å²) in [5, 5.41) is 7.61. The van der Waals surface area contributed by atoms with Crippen molar-refractivity contribution >= 4 is 5.91 Å². The minimum absolute atomic E-state index is 0.0143. The zero-order valence-electron chi connectivity index (χ0n) is 14.5. The molecule has 1 fully saturated rings. The third-order valence-corrected chi connectivity index (χ3v) is 4.45. The van der Waals surface area contributed by atoms with Crippen LogP contribution >= 0.6 is 0 Å². The van der Waals surface area contributed by atoms with Crippen molar-refractivity contribution in [2.75, 3.05) is 32.8 Å². The number of hydrogen-bond donors (Lipinski definition) is 0. The van der Waals surface area contributed by atoms with Gasteiger partial charge in [0.05, 0.1) is 31.2 Å². The molecule has 0 saturated carbocycles. The van der Waals surface area contributed by atoms with Gasteiger partial charge < -0.3 is 9.64 Å². The summed E-state index contributed by atoms with van der Waals surface area (Å²) in [7, 11) is 0. The Balaban J connectivity index is 1.76. The Morgan fingerprint density at radius 1 is 1.20 bits per heavy atom. The largest absolute Gasteiger partial charge is 0.379 e. The molecule has 0 bridgehead atoms. The third kappa shape index (κ3) is 4.84. The molecule has 25 heavy (non-hydrogen) atoms. The highest BCUT2D eigenvalue weighted by molar-refractivity contribution is 5.94. The lowest BCUT2D eigenvalue weighted by molar-refractivity contribution is 0.0228. The Morgan fingerprint density at radius 3 is 2.64 bits per heavy atom. The molecule has 1 aliphatic rings. The minimum atomic E-state index is -0.0143. The van der Waals surface area contributed by atoms with Gasteiger partial charge in [0.1, 0.15) is 0 Å². The van der Waals surface area contributed by atoms with Gasteiger partial charge in [0.25, 0.3) is 5.91 Å². The van der Waals surface area contributed by atoms with E-state index in [-0.39, 0.29) is 11.9 Å². The second-order valence-corrected chi connectivity index (χ2v) is 6.31. The number of aromatic nitrogens is 2. The number of carbonyl (C=O) groups excluding carboxylic acids is 1. The zero-order valence-corrected chi connectivity index (χ0v) is 14.5. The van der Waals surface area contributed by atoms with E-state index in [1.165, 1.54) is 6.20 Å². The van der Waals surface area contributed by atoms with E-state index in [1.54, 1.807) is 12.3 Å². The monoisotopic (exact) mass is 340 g/mol. The molecule has 0 radical (unpaired) electrons. The average molecular weight is 340 g/mol. The fourth-order valence-corrected chi connectivity index (χ4v) is 3.05. The number of carbonyl (C=O) groups is 1. The van der Waals surface area contributed by atoms with Crippen molar-refractivity contribution in [1.82, 2.24) is 20.0 Å². The molecule has 132 valence electrons. The Morgan fingerprint density at radius 2 is 1.96 bits per heavy atom. The fraction of sp³-hybridized carbons (Fsp3) is 0.421. The molecule has 3 rings (SSSR count). The number of rotatable bonds is 6. The van der Waals surface area contributed by atoms with E-state index in [4.69, 9.17) is 4.74 Å². The van der Waals surface area contributed by atoms with Crippen LogP contribution in [0.4, 0.5) is 0 Å². The van der Waals surface area contributed by atoms with Gasteiger partial charge in [-0.05, 0) is 18.6 Å². The number of ether oxygens (including phenoxy) is 1. The van der Waals surface area contributed by atoms with Crippen molar-refractivity contribution in [2.24, 2.45) is 0 Å². The van der Waals surface area contributed by atoms with Crippen LogP contribution in [0.5, 0.6) is 0 Å². The first-order valence-corrected chi connectivity index (χ1v) is 8.66. The normalized spacial score (nSPS) is 16.4. The molecule has 1 amide bonds. The second-order valence-electron chi connectivity index (χ2n) is 6.31. The van der Waals surface area contributed by atoms with Gasteiger partial charge in [-0.3, -0.25) is 9.69 Å². The molecule has 1 aromatic carbocycles. The lowest BCUT2D eigenvalue weighted by atomic mass is 10.1. The Labute approximate surface area is 148 Å². The van der Waals surface area contributed by atoms with Gasteiger partial charge in [-0.2, -0.15) is 10.2 Å². The first kappa shape index (κ1) is 17.5. The van der Waals surface area contributed by atoms with Crippen LogP contribution in [0.25, 0.3) is 0 Å². The molecule has 2 aromatic rings. The molecule has 0 spiro atoms. The van der Waals surface area contributed by atoms with Crippen LogP contribution in [0.2, 0.25) is 0 Å². The van der Waals surface area contributed by atoms with Gasteiger partial charge in [0, 0.05) is 32.2 Å². The van der Waals surface area contributed by atoms with Crippen molar-refractivity contribution in [3.8, 4) is 0 Å². The number of nitrogens with zero attached hydrogens (tertiary/aromatic N) is 4. The molecule has 0 N–H and O–H groups in total. The molecular weight excluding hydrogens is 316 g/mol. The van der Waals surface area contributed by atoms with Crippen molar-refractivity contribution < 1.29 is 9.53 Å². The summed E-state index contributed by atoms with van der Waals surface area (Å²) < 4.78 is 5.42. The highest BCUT2D eigenvalue weighted by Crippen LogP contribution is 2.14. The number of hydrogen-bond acceptors (Lipinski definition) is 5. The van der Waals surface area contributed by atoms with E-state index in [9.17, 15) is 4.79 Å². The van der Waals surface area contributed by atoms with E-state index in [1.807, 2.05) is 35.2 Å². The molecular formula is C19H24N4O2. The van der Waals surface area contributed by atoms with E-state index >= 15 is 0 Å². The van der Waals surface area contributed by atoms with Gasteiger partial charge in [-0.1, -0.05) is 30.3 Å². The van der Waals surface area contributed by atoms with Crippen molar-refractivity contribution in [3.63, 3.8) is 0 Å². The van der Waals surface area contributed by atoms with Gasteiger partial charge in [-0.15, -0.1) is 0 Å². The summed E-state index contributed by atoms with van der Waals surface area (Å²) >= 11 is 0. The van der Waals surface area contributed by atoms with E-state index in [0.717, 1.165) is 38.4 Å². The molecule has 6 heteroatoms. The predicted molar refractivity (Wildman–Crippen MR) is 95.1 cm³/mol. The van der Waals surface area contributed by atoms with E-state index in [2.05, 4.69) is 22.0 Å². The highest BCUT2D eigenvalue weighted by Gasteiger charge is 2.24. The van der Waals surface area contributed by atoms with Gasteiger partial charge in [0.2, 0.25) is 0 Å². The Hall–Kier alpha value is -2.31. The van der Waals surface area contributed by atoms with E-state index < -0.39 is 0 Å². The number of benzene rings is 1. The van der Waals surface area contributed by atoms with Crippen LogP contribution in [0.3, 0.4) is 0 Å². The van der Waals surface area contributed by atoms with Crippen molar-refractivity contribution in [1.29, 1.82) is 0 Å². The molecule has 1 aromatic heterocycles. The van der Waals surface area contributed by atoms with Crippen LogP contribution in [-0.2, 0) is 11.3 Å². The van der Waals surface area contributed by atoms with Gasteiger partial charge in [-0.25, -0.2) is 0 Å². The van der Waals surface area contributed by atoms with Crippen LogP contribution in [0.15, 0.2) is 48.8 Å². The van der Waals surface area contributed by atoms with Crippen molar-refractivity contribution in [2.45, 2.75) is 19.5 Å². The standard InChI is InChI=1S/C19H24N4O2/c1-16(14-22-9-11-25-12-10-22)23(15-17-5-3-2-4-6-17)19(24)18-7-8-20-21-13-18/h2-8,13,16H,9-12,14-15H2,1H3/t16-/m0/s1. The first-order valence-electron chi connectivity index (χ1n) is 8.66. The molecule has 2 heterocycles. The smallest absolute Gasteiger partial charge is 0.256 e. The summed E-state index contributed by atoms with van der Waals surface area (Å²) in [4.78, 5) is 17.3. The summed E-state index contributed by atoms with van der Waals surface area (Å²) in [6.07, 6.45) is 3.09. The number of amides is 1. The maximum atomic E-state index is 13.0. The third-order valence-electron chi connectivity index (χ3n) is 4.45. The maximum Gasteiger partial charge on any atom is 0.256 e. The van der Waals surface area contributed by atoms with Crippen LogP contribution in [0.1, 0.15) is 22.8 Å². The van der Waals surface area contributed by atoms with Crippen LogP contribution in [-0.4, -0.2) is 64.8 Å². The maximum absolute atomic E-state index is 13.0.